The Kier molecular flexibility index (Phi) is 7.64. The number of anilines is 2. The number of hydrogen-bond acceptors (Lipinski definition) is 19. The molecule has 3 fully saturated rings. The molecule has 20 nitrogen and oxygen atoms in total. The Morgan fingerprint density at radius 1 is 0.841 bits per heavy atom. The molecule has 24 heteroatoms. The van der Waals surface area contributed by atoms with Gasteiger partial charge in [-0.1, -0.05) is 24.1 Å². The fourth-order valence-electron chi connectivity index (χ4n) is 5.24. The number of rotatable bonds is 2. The van der Waals surface area contributed by atoms with E-state index in [0.717, 1.165) is 0 Å². The van der Waals surface area contributed by atoms with Gasteiger partial charge in [-0.2, -0.15) is 0 Å². The molecule has 44 heavy (non-hydrogen) atoms. The fraction of sp³-hybridized carbons (Fsp3) is 0.500. The Morgan fingerprint density at radius 3 is 1.84 bits per heavy atom. The quantitative estimate of drug-likeness (QED) is 0.122. The van der Waals surface area contributed by atoms with Gasteiger partial charge in [-0.3, -0.25) is 18.2 Å². The van der Waals surface area contributed by atoms with Gasteiger partial charge in [0.15, 0.2) is 35.4 Å². The number of nitrogen functional groups attached to an aromatic ring is 2. The molecule has 10 atom stereocenters. The lowest BCUT2D eigenvalue weighted by Gasteiger charge is -2.35. The van der Waals surface area contributed by atoms with Crippen molar-refractivity contribution < 1.29 is 47.2 Å². The monoisotopic (exact) mass is 689 g/mol. The number of nitrogens with two attached hydrogens (primary N) is 2. The van der Waals surface area contributed by atoms with Crippen LogP contribution in [-0.4, -0.2) is 99.1 Å². The maximum Gasteiger partial charge on any atom is 0.386 e. The molecule has 0 bridgehead atoms. The van der Waals surface area contributed by atoms with Gasteiger partial charge in [0, 0.05) is 0 Å². The summed E-state index contributed by atoms with van der Waals surface area (Å²) in [5, 5.41) is 22.5. The Hall–Kier alpha value is -2.43. The standard InChI is InChI=1S/C20H24N10O10P2S2/c21-15-9-17(25-3-23-15)29(5-27-9)19-11(31)13-7(37-19)1-35-41(33,43)40-14-8(2-36-42(34,44)39-13)38-20(12(14)32)30-6-28-10-16(22)24-4-26-18(10)30/h3-8,11-14,19-20,31-32H,1-2H2,(H,33,43)(H,34,44)(H2,21,23,25)(H2,22,24,26)/p-1/t7-,8-,11-,12-,13-,14-,19-,20-,41?,42?/m1/s1. The number of hydrogen-bond donors (Lipinski definition) is 5. The van der Waals surface area contributed by atoms with Crippen LogP contribution in [-0.2, 0) is 43.9 Å². The third-order valence-electron chi connectivity index (χ3n) is 7.25. The van der Waals surface area contributed by atoms with Crippen molar-refractivity contribution in [2.24, 2.45) is 0 Å². The Bertz CT molecular complexity index is 1700. The van der Waals surface area contributed by atoms with Gasteiger partial charge in [0.05, 0.1) is 25.9 Å². The number of ether oxygens (including phenoxy) is 2. The predicted octanol–water partition coefficient (Wildman–Crippen LogP) is -1.21. The van der Waals surface area contributed by atoms with E-state index < -0.39 is 75.8 Å². The van der Waals surface area contributed by atoms with Crippen molar-refractivity contribution in [3.63, 3.8) is 0 Å². The van der Waals surface area contributed by atoms with E-state index in [1.54, 1.807) is 0 Å². The van der Waals surface area contributed by atoms with Crippen LogP contribution in [0.15, 0.2) is 25.3 Å². The van der Waals surface area contributed by atoms with Crippen LogP contribution in [0, 0.1) is 0 Å². The minimum absolute atomic E-state index is 0.0970. The van der Waals surface area contributed by atoms with Crippen LogP contribution in [0.2, 0.25) is 0 Å². The summed E-state index contributed by atoms with van der Waals surface area (Å²) in [6.45, 7) is -9.75. The largest absolute Gasteiger partial charge is 0.780 e. The van der Waals surface area contributed by atoms with Gasteiger partial charge in [-0.05, 0) is 0 Å². The second kappa shape index (κ2) is 11.1. The fourth-order valence-corrected chi connectivity index (χ4v) is 8.16. The molecule has 3 aliphatic heterocycles. The van der Waals surface area contributed by atoms with E-state index >= 15 is 0 Å². The summed E-state index contributed by atoms with van der Waals surface area (Å²) in [6, 6.07) is 0. The molecule has 0 saturated carbocycles. The summed E-state index contributed by atoms with van der Waals surface area (Å²) in [5.74, 6) is 0.195. The molecule has 7 rings (SSSR count). The maximum atomic E-state index is 13.4. The molecule has 3 saturated heterocycles. The van der Waals surface area contributed by atoms with E-state index in [-0.39, 0.29) is 34.0 Å². The first-order valence-corrected chi connectivity index (χ1v) is 18.0. The molecule has 0 amide bonds. The SMILES string of the molecule is Nc1ncnc2c1ncn2[C@@H]1O[C@@H]2COP([O-])(=S)O[C@H]3[C@@H](O)[C@H](n4cnc5c(N)ncnc54)O[C@@H]3COP(=O)(S)O[C@H]2[C@H]1O. The first-order chi connectivity index (χ1) is 20.9. The van der Waals surface area contributed by atoms with Crippen LogP contribution in [0.1, 0.15) is 12.5 Å². The number of imidazole rings is 2. The van der Waals surface area contributed by atoms with E-state index in [4.69, 9.17) is 50.8 Å². The minimum atomic E-state index is -4.38. The van der Waals surface area contributed by atoms with Crippen molar-refractivity contribution in [1.29, 1.82) is 0 Å². The molecule has 2 unspecified atom stereocenters. The molecule has 0 spiro atoms. The Labute approximate surface area is 256 Å². The van der Waals surface area contributed by atoms with Crippen molar-refractivity contribution in [2.75, 3.05) is 24.7 Å². The number of thiol groups is 1. The second-order valence-electron chi connectivity index (χ2n) is 9.92. The first kappa shape index (κ1) is 30.2. The summed E-state index contributed by atoms with van der Waals surface area (Å²) in [5.41, 5.74) is 12.7. The highest BCUT2D eigenvalue weighted by atomic mass is 32.7. The highest BCUT2D eigenvalue weighted by Gasteiger charge is 2.52. The average molecular weight is 690 g/mol. The summed E-state index contributed by atoms with van der Waals surface area (Å²) in [4.78, 5) is 37.7. The Balaban J connectivity index is 1.17. The molecule has 3 aliphatic rings. The molecule has 0 aromatic carbocycles. The zero-order valence-corrected chi connectivity index (χ0v) is 25.5. The van der Waals surface area contributed by atoms with Crippen molar-refractivity contribution in [3.8, 4) is 0 Å². The number of aromatic nitrogens is 8. The lowest BCUT2D eigenvalue weighted by Crippen LogP contribution is -2.39. The first-order valence-electron chi connectivity index (χ1n) is 12.8. The Morgan fingerprint density at radius 2 is 1.32 bits per heavy atom. The molecule has 4 aromatic heterocycles. The second-order valence-corrected chi connectivity index (χ2v) is 15.5. The normalized spacial score (nSPS) is 38.3. The van der Waals surface area contributed by atoms with Gasteiger partial charge in [0.2, 0.25) is 0 Å². The summed E-state index contributed by atoms with van der Waals surface area (Å²) >= 11 is 9.20. The van der Waals surface area contributed by atoms with E-state index in [9.17, 15) is 19.7 Å². The van der Waals surface area contributed by atoms with Crippen molar-refractivity contribution in [3.05, 3.63) is 25.3 Å². The lowest BCUT2D eigenvalue weighted by atomic mass is 10.1. The summed E-state index contributed by atoms with van der Waals surface area (Å²) in [6.07, 6.45) is -5.64. The van der Waals surface area contributed by atoms with Crippen LogP contribution in [0.25, 0.3) is 22.3 Å². The maximum absolute atomic E-state index is 13.4. The van der Waals surface area contributed by atoms with Crippen LogP contribution in [0.3, 0.4) is 0 Å². The molecule has 0 aliphatic carbocycles. The number of aliphatic hydroxyl groups is 2. The molecule has 7 heterocycles. The van der Waals surface area contributed by atoms with E-state index in [1.165, 1.54) is 34.4 Å². The molecular weight excluding hydrogens is 666 g/mol. The van der Waals surface area contributed by atoms with Gasteiger partial charge in [0.25, 0.3) is 0 Å². The van der Waals surface area contributed by atoms with Crippen molar-refractivity contribution >= 4 is 71.5 Å². The highest BCUT2D eigenvalue weighted by Crippen LogP contribution is 2.58. The summed E-state index contributed by atoms with van der Waals surface area (Å²) in [7, 11) is 0. The number of aliphatic hydroxyl groups excluding tert-OH is 2. The van der Waals surface area contributed by atoms with E-state index in [0.29, 0.717) is 0 Å². The zero-order chi connectivity index (χ0) is 31.0. The van der Waals surface area contributed by atoms with Crippen LogP contribution < -0.4 is 16.4 Å². The predicted molar refractivity (Wildman–Crippen MR) is 152 cm³/mol. The zero-order valence-electron chi connectivity index (χ0n) is 22.0. The topological polar surface area (TPSA) is 275 Å². The van der Waals surface area contributed by atoms with Crippen LogP contribution >= 0.6 is 25.8 Å². The number of nitrogens with zero attached hydrogens (tertiary/aromatic N) is 8. The van der Waals surface area contributed by atoms with Gasteiger partial charge in [-0.15, -0.1) is 0 Å². The van der Waals surface area contributed by atoms with Gasteiger partial charge in [0.1, 0.15) is 67.0 Å². The molecule has 4 aromatic rings. The lowest BCUT2D eigenvalue weighted by molar-refractivity contribution is -0.218. The minimum Gasteiger partial charge on any atom is -0.780 e. The smallest absolute Gasteiger partial charge is 0.386 e. The third-order valence-corrected chi connectivity index (χ3v) is 10.4. The molecule has 236 valence electrons. The van der Waals surface area contributed by atoms with Crippen molar-refractivity contribution in [2.45, 2.75) is 49.1 Å². The van der Waals surface area contributed by atoms with Gasteiger partial charge < -0.3 is 45.1 Å². The van der Waals surface area contributed by atoms with E-state index in [1.807, 2.05) is 0 Å². The van der Waals surface area contributed by atoms with E-state index in [2.05, 4.69) is 42.2 Å². The highest BCUT2D eigenvalue weighted by molar-refractivity contribution is 8.44. The molecule has 6 N–H and O–H groups in total. The molecular formula is C20H23N10O10P2S2-. The molecule has 0 radical (unpaired) electrons. The summed E-state index contributed by atoms with van der Waals surface area (Å²) < 4.78 is 50.3. The van der Waals surface area contributed by atoms with Crippen molar-refractivity contribution in [1.82, 2.24) is 39.0 Å². The average Bonchev–Trinajstić information content (AvgIpc) is 3.73. The van der Waals surface area contributed by atoms with Gasteiger partial charge >= 0.3 is 6.80 Å². The van der Waals surface area contributed by atoms with Crippen LogP contribution in [0.4, 0.5) is 11.6 Å². The van der Waals surface area contributed by atoms with Crippen LogP contribution in [0.5, 0.6) is 0 Å². The third kappa shape index (κ3) is 5.28. The van der Waals surface area contributed by atoms with Gasteiger partial charge in [-0.25, -0.2) is 34.5 Å². The number of fused-ring (bicyclic) bond motifs is 4.